The molecule has 72 valence electrons. The van der Waals surface area contributed by atoms with Gasteiger partial charge in [0.1, 0.15) is 0 Å². The Hall–Kier alpha value is -0.830. The van der Waals surface area contributed by atoms with E-state index in [1.54, 1.807) is 0 Å². The molecule has 0 radical (unpaired) electrons. The van der Waals surface area contributed by atoms with E-state index < -0.39 is 0 Å². The topological polar surface area (TPSA) is 32.9 Å². The molecule has 1 aromatic rings. The van der Waals surface area contributed by atoms with Crippen LogP contribution in [0.4, 0.5) is 0 Å². The summed E-state index contributed by atoms with van der Waals surface area (Å²) in [7, 11) is 0. The van der Waals surface area contributed by atoms with Gasteiger partial charge < -0.3 is 4.98 Å². The molecule has 2 nitrogen and oxygen atoms in total. The first kappa shape index (κ1) is 8.75. The molecule has 13 heavy (non-hydrogen) atoms. The van der Waals surface area contributed by atoms with Crippen LogP contribution >= 0.6 is 11.3 Å². The number of fused-ring (bicyclic) bond motifs is 2. The smallest absolute Gasteiger partial charge is 0.305 e. The van der Waals surface area contributed by atoms with E-state index in [0.717, 1.165) is 21.7 Å². The Bertz CT molecular complexity index is 433. The minimum absolute atomic E-state index is 0. The maximum atomic E-state index is 10.9. The molecular formula is C10H15NOS. The Balaban J connectivity index is 0.000000309. The molecular weight excluding hydrogens is 182 g/mol. The second-order valence-electron chi connectivity index (χ2n) is 3.19. The van der Waals surface area contributed by atoms with Crippen LogP contribution in [0.15, 0.2) is 4.79 Å². The molecule has 1 fully saturated rings. The van der Waals surface area contributed by atoms with Crippen molar-refractivity contribution in [3.63, 3.8) is 0 Å². The minimum Gasteiger partial charge on any atom is -0.313 e. The molecule has 0 amide bonds. The third kappa shape index (κ3) is 1.48. The first-order valence-electron chi connectivity index (χ1n) is 4.76. The SMILES string of the molecule is CC.O=c1[nH]c2c(s1)=CC1CC1C=2.[HH]. The Morgan fingerprint density at radius 1 is 1.46 bits per heavy atom. The van der Waals surface area contributed by atoms with Gasteiger partial charge in [-0.15, -0.1) is 0 Å². The molecule has 3 heteroatoms. The highest BCUT2D eigenvalue weighted by molar-refractivity contribution is 7.07. The molecule has 2 aliphatic rings. The second kappa shape index (κ2) is 3.14. The van der Waals surface area contributed by atoms with Gasteiger partial charge in [0.15, 0.2) is 0 Å². The molecule has 2 unspecified atom stereocenters. The van der Waals surface area contributed by atoms with Gasteiger partial charge in [0.05, 0.1) is 9.88 Å². The molecule has 2 atom stereocenters. The van der Waals surface area contributed by atoms with Crippen LogP contribution in [0.2, 0.25) is 0 Å². The average Bonchev–Trinajstić information content (AvgIpc) is 2.77. The van der Waals surface area contributed by atoms with E-state index in [0.29, 0.717) is 0 Å². The summed E-state index contributed by atoms with van der Waals surface area (Å²) in [4.78, 5) is 13.8. The molecule has 2 aliphatic carbocycles. The van der Waals surface area contributed by atoms with Crippen molar-refractivity contribution in [2.24, 2.45) is 11.8 Å². The fourth-order valence-corrected chi connectivity index (χ4v) is 2.46. The van der Waals surface area contributed by atoms with Gasteiger partial charge in [-0.05, 0) is 18.3 Å². The van der Waals surface area contributed by atoms with Gasteiger partial charge in [0, 0.05) is 1.43 Å². The zero-order valence-corrected chi connectivity index (χ0v) is 8.65. The van der Waals surface area contributed by atoms with Gasteiger partial charge in [-0.25, -0.2) is 0 Å². The van der Waals surface area contributed by atoms with E-state index in [9.17, 15) is 4.79 Å². The highest BCUT2D eigenvalue weighted by Crippen LogP contribution is 2.41. The van der Waals surface area contributed by atoms with Crippen molar-refractivity contribution in [1.82, 2.24) is 4.98 Å². The van der Waals surface area contributed by atoms with Crippen molar-refractivity contribution in [3.05, 3.63) is 19.5 Å². The van der Waals surface area contributed by atoms with E-state index >= 15 is 0 Å². The number of aromatic amines is 1. The Morgan fingerprint density at radius 2 is 2.15 bits per heavy atom. The monoisotopic (exact) mass is 197 g/mol. The molecule has 1 saturated carbocycles. The molecule has 1 N–H and O–H groups in total. The number of H-pyrrole nitrogens is 1. The number of hydrogen-bond donors (Lipinski definition) is 1. The quantitative estimate of drug-likeness (QED) is 0.659. The first-order chi connectivity index (χ1) is 6.33. The van der Waals surface area contributed by atoms with Crippen LogP contribution in [0.1, 0.15) is 21.7 Å². The third-order valence-electron chi connectivity index (χ3n) is 2.34. The summed E-state index contributed by atoms with van der Waals surface area (Å²) in [6.45, 7) is 4.00. The number of hydrogen-bond acceptors (Lipinski definition) is 2. The highest BCUT2D eigenvalue weighted by Gasteiger charge is 2.34. The highest BCUT2D eigenvalue weighted by atomic mass is 32.1. The summed E-state index contributed by atoms with van der Waals surface area (Å²) in [5.41, 5.74) is 0. The van der Waals surface area contributed by atoms with Gasteiger partial charge in [-0.1, -0.05) is 37.3 Å². The summed E-state index contributed by atoms with van der Waals surface area (Å²) >= 11 is 1.32. The van der Waals surface area contributed by atoms with Crippen molar-refractivity contribution in [2.75, 3.05) is 0 Å². The van der Waals surface area contributed by atoms with Crippen molar-refractivity contribution < 1.29 is 1.43 Å². The maximum Gasteiger partial charge on any atom is 0.305 e. The van der Waals surface area contributed by atoms with E-state index in [-0.39, 0.29) is 6.30 Å². The fourth-order valence-electron chi connectivity index (χ4n) is 1.63. The molecule has 0 aromatic carbocycles. The Morgan fingerprint density at radius 3 is 2.92 bits per heavy atom. The average molecular weight is 197 g/mol. The molecule has 3 rings (SSSR count). The van der Waals surface area contributed by atoms with Crippen LogP contribution in [0.25, 0.3) is 12.2 Å². The van der Waals surface area contributed by atoms with Crippen molar-refractivity contribution in [3.8, 4) is 0 Å². The van der Waals surface area contributed by atoms with Crippen LogP contribution in [0.3, 0.4) is 0 Å². The summed E-state index contributed by atoms with van der Waals surface area (Å²) < 4.78 is 1.15. The van der Waals surface area contributed by atoms with Crippen LogP contribution in [0.5, 0.6) is 0 Å². The number of aromatic nitrogens is 1. The summed E-state index contributed by atoms with van der Waals surface area (Å²) in [5, 5.41) is 1.05. The van der Waals surface area contributed by atoms with Gasteiger partial charge in [0.2, 0.25) is 0 Å². The fraction of sp³-hybridized carbons (Fsp3) is 0.500. The van der Waals surface area contributed by atoms with E-state index in [4.69, 9.17) is 0 Å². The maximum absolute atomic E-state index is 10.9. The predicted molar refractivity (Wildman–Crippen MR) is 58.2 cm³/mol. The van der Waals surface area contributed by atoms with Gasteiger partial charge >= 0.3 is 4.87 Å². The zero-order valence-electron chi connectivity index (χ0n) is 7.83. The Kier molecular flexibility index (Phi) is 2.12. The minimum atomic E-state index is 0. The lowest BCUT2D eigenvalue weighted by molar-refractivity contribution is 1.05. The predicted octanol–water partition coefficient (Wildman–Crippen LogP) is 0.919. The van der Waals surface area contributed by atoms with Crippen molar-refractivity contribution in [1.29, 1.82) is 0 Å². The van der Waals surface area contributed by atoms with Crippen molar-refractivity contribution >= 4 is 23.5 Å². The van der Waals surface area contributed by atoms with Gasteiger partial charge in [-0.3, -0.25) is 4.79 Å². The van der Waals surface area contributed by atoms with Crippen LogP contribution < -0.4 is 14.8 Å². The lowest BCUT2D eigenvalue weighted by atomic mass is 10.2. The van der Waals surface area contributed by atoms with Gasteiger partial charge in [0.25, 0.3) is 0 Å². The lowest BCUT2D eigenvalue weighted by Gasteiger charge is -1.89. The van der Waals surface area contributed by atoms with E-state index in [1.165, 1.54) is 17.8 Å². The standard InChI is InChI=1S/C8H7NOS.C2H6.H2/c10-8-9-6-2-4-1-5(4)3-7(6)11-8;1-2;/h2-5H,1H2,(H,9,10);1-2H3;1H. The molecule has 0 saturated heterocycles. The third-order valence-corrected chi connectivity index (χ3v) is 3.21. The molecule has 0 spiro atoms. The normalized spacial score (nSPS) is 26.9. The van der Waals surface area contributed by atoms with Crippen molar-refractivity contribution in [2.45, 2.75) is 20.3 Å². The largest absolute Gasteiger partial charge is 0.313 e. The lowest BCUT2D eigenvalue weighted by Crippen LogP contribution is -2.24. The number of thiazole rings is 1. The molecule has 1 aromatic heterocycles. The molecule has 1 heterocycles. The van der Waals surface area contributed by atoms with Crippen LogP contribution in [0, 0.1) is 11.8 Å². The van der Waals surface area contributed by atoms with Crippen LogP contribution in [-0.4, -0.2) is 4.98 Å². The number of rotatable bonds is 0. The second-order valence-corrected chi connectivity index (χ2v) is 4.20. The molecule has 0 aliphatic heterocycles. The first-order valence-corrected chi connectivity index (χ1v) is 5.57. The van der Waals surface area contributed by atoms with Gasteiger partial charge in [-0.2, -0.15) is 0 Å². The number of nitrogens with one attached hydrogen (secondary N) is 1. The summed E-state index contributed by atoms with van der Waals surface area (Å²) in [6.07, 6.45) is 5.70. The zero-order chi connectivity index (χ0) is 9.42. The van der Waals surface area contributed by atoms with E-state index in [1.807, 2.05) is 13.8 Å². The summed E-state index contributed by atoms with van der Waals surface area (Å²) in [6, 6.07) is 0. The van der Waals surface area contributed by atoms with E-state index in [2.05, 4.69) is 17.1 Å². The van der Waals surface area contributed by atoms with Crippen LogP contribution in [-0.2, 0) is 0 Å². The Labute approximate surface area is 82.1 Å². The molecule has 0 bridgehead atoms. The summed E-state index contributed by atoms with van der Waals surface area (Å²) in [5.74, 6) is 1.47.